The van der Waals surface area contributed by atoms with Crippen LogP contribution in [0.3, 0.4) is 0 Å². The molecule has 0 spiro atoms. The third-order valence-corrected chi connectivity index (χ3v) is 2.61. The minimum atomic E-state index is 0.0850. The summed E-state index contributed by atoms with van der Waals surface area (Å²) in [4.78, 5) is 0. The van der Waals surface area contributed by atoms with Gasteiger partial charge in [0.1, 0.15) is 5.82 Å². The van der Waals surface area contributed by atoms with Gasteiger partial charge in [0.2, 0.25) is 0 Å². The van der Waals surface area contributed by atoms with Crippen molar-refractivity contribution >= 4 is 5.82 Å². The number of nitrogens with one attached hydrogen (secondary N) is 2. The molecule has 1 aliphatic carbocycles. The summed E-state index contributed by atoms with van der Waals surface area (Å²) in [6.45, 7) is 8.70. The molecule has 2 atom stereocenters. The normalized spacial score (nSPS) is 26.3. The fourth-order valence-electron chi connectivity index (χ4n) is 1.73. The summed E-state index contributed by atoms with van der Waals surface area (Å²) in [6, 6.07) is 2.14. The molecule has 2 rings (SSSR count). The molecule has 0 aliphatic heterocycles. The van der Waals surface area contributed by atoms with Gasteiger partial charge in [0.05, 0.1) is 0 Å². The maximum absolute atomic E-state index is 4.26. The van der Waals surface area contributed by atoms with Gasteiger partial charge < -0.3 is 5.32 Å². The fourth-order valence-corrected chi connectivity index (χ4v) is 1.73. The van der Waals surface area contributed by atoms with Gasteiger partial charge in [0, 0.05) is 23.2 Å². The Bertz CT molecular complexity index is 322. The molecular formula is C11H19N3. The van der Waals surface area contributed by atoms with Crippen molar-refractivity contribution in [2.45, 2.75) is 45.6 Å². The van der Waals surface area contributed by atoms with E-state index in [0.29, 0.717) is 0 Å². The van der Waals surface area contributed by atoms with E-state index in [1.54, 1.807) is 0 Å². The average molecular weight is 193 g/mol. The second-order valence-electron chi connectivity index (χ2n) is 5.40. The fraction of sp³-hybridized carbons (Fsp3) is 0.727. The van der Waals surface area contributed by atoms with Gasteiger partial charge in [-0.25, -0.2) is 0 Å². The second kappa shape index (κ2) is 3.01. The van der Waals surface area contributed by atoms with Gasteiger partial charge in [0.15, 0.2) is 0 Å². The lowest BCUT2D eigenvalue weighted by molar-refractivity contribution is 0.630. The molecule has 1 aromatic rings. The topological polar surface area (TPSA) is 40.7 Å². The van der Waals surface area contributed by atoms with E-state index < -0.39 is 0 Å². The summed E-state index contributed by atoms with van der Waals surface area (Å²) >= 11 is 0. The van der Waals surface area contributed by atoms with E-state index in [9.17, 15) is 0 Å². The van der Waals surface area contributed by atoms with Crippen LogP contribution in [0, 0.1) is 5.92 Å². The molecule has 3 nitrogen and oxygen atoms in total. The molecule has 1 saturated carbocycles. The van der Waals surface area contributed by atoms with E-state index in [1.165, 1.54) is 12.1 Å². The molecule has 0 amide bonds. The molecule has 1 aliphatic rings. The van der Waals surface area contributed by atoms with E-state index in [4.69, 9.17) is 0 Å². The molecule has 0 radical (unpaired) electrons. The predicted molar refractivity (Wildman–Crippen MR) is 58.5 cm³/mol. The highest BCUT2D eigenvalue weighted by molar-refractivity contribution is 5.39. The highest BCUT2D eigenvalue weighted by Crippen LogP contribution is 2.46. The highest BCUT2D eigenvalue weighted by atomic mass is 15.2. The molecule has 14 heavy (non-hydrogen) atoms. The van der Waals surface area contributed by atoms with Crippen LogP contribution in [-0.2, 0) is 0 Å². The van der Waals surface area contributed by atoms with Gasteiger partial charge in [-0.3, -0.25) is 5.10 Å². The zero-order valence-electron chi connectivity index (χ0n) is 9.39. The molecule has 0 saturated heterocycles. The number of H-pyrrole nitrogens is 1. The monoisotopic (exact) mass is 193 g/mol. The lowest BCUT2D eigenvalue weighted by Crippen LogP contribution is -2.26. The summed E-state index contributed by atoms with van der Waals surface area (Å²) in [5.74, 6) is 2.52. The van der Waals surface area contributed by atoms with Crippen LogP contribution in [0.1, 0.15) is 45.7 Å². The molecule has 3 heteroatoms. The predicted octanol–water partition coefficient (Wildman–Crippen LogP) is 2.74. The van der Waals surface area contributed by atoms with Crippen LogP contribution in [-0.4, -0.2) is 15.7 Å². The smallest absolute Gasteiger partial charge is 0.148 e. The molecule has 2 N–H and O–H groups in total. The minimum absolute atomic E-state index is 0.0850. The van der Waals surface area contributed by atoms with E-state index in [0.717, 1.165) is 17.7 Å². The van der Waals surface area contributed by atoms with Crippen LogP contribution in [0.25, 0.3) is 0 Å². The van der Waals surface area contributed by atoms with Gasteiger partial charge in [0.25, 0.3) is 0 Å². The van der Waals surface area contributed by atoms with E-state index >= 15 is 0 Å². The lowest BCUT2D eigenvalue weighted by atomic mass is 10.1. The molecule has 0 bridgehead atoms. The number of aromatic nitrogens is 2. The standard InChI is InChI=1S/C11H19N3/c1-7-5-8(7)9-6-10(14-13-9)12-11(2,3)4/h6-8H,5H2,1-4H3,(H2,12,13,14). The number of aromatic amines is 1. The van der Waals surface area contributed by atoms with Gasteiger partial charge >= 0.3 is 0 Å². The first-order valence-electron chi connectivity index (χ1n) is 5.29. The van der Waals surface area contributed by atoms with Crippen LogP contribution in [0.2, 0.25) is 0 Å². The summed E-state index contributed by atoms with van der Waals surface area (Å²) in [5, 5.41) is 10.7. The minimum Gasteiger partial charge on any atom is -0.364 e. The van der Waals surface area contributed by atoms with Crippen molar-refractivity contribution in [3.63, 3.8) is 0 Å². The zero-order valence-corrected chi connectivity index (χ0v) is 9.39. The number of nitrogens with zero attached hydrogens (tertiary/aromatic N) is 1. The van der Waals surface area contributed by atoms with Crippen molar-refractivity contribution in [3.05, 3.63) is 11.8 Å². The van der Waals surface area contributed by atoms with E-state index in [1.807, 2.05) is 0 Å². The summed E-state index contributed by atoms with van der Waals surface area (Å²) in [6.07, 6.45) is 1.30. The Labute approximate surface area is 85.3 Å². The summed E-state index contributed by atoms with van der Waals surface area (Å²) < 4.78 is 0. The van der Waals surface area contributed by atoms with Crippen molar-refractivity contribution < 1.29 is 0 Å². The van der Waals surface area contributed by atoms with Gasteiger partial charge in [-0.05, 0) is 33.1 Å². The molecule has 2 unspecified atom stereocenters. The quantitative estimate of drug-likeness (QED) is 0.758. The van der Waals surface area contributed by atoms with Crippen LogP contribution in [0.4, 0.5) is 5.82 Å². The Kier molecular flexibility index (Phi) is 2.05. The van der Waals surface area contributed by atoms with Crippen molar-refractivity contribution in [1.29, 1.82) is 0 Å². The summed E-state index contributed by atoms with van der Waals surface area (Å²) in [5.41, 5.74) is 1.37. The maximum atomic E-state index is 4.26. The first-order chi connectivity index (χ1) is 6.46. The number of anilines is 1. The van der Waals surface area contributed by atoms with Crippen LogP contribution in [0.5, 0.6) is 0 Å². The number of hydrogen-bond acceptors (Lipinski definition) is 2. The maximum Gasteiger partial charge on any atom is 0.148 e. The van der Waals surface area contributed by atoms with E-state index in [2.05, 4.69) is 49.3 Å². The Morgan fingerprint density at radius 1 is 1.50 bits per heavy atom. The van der Waals surface area contributed by atoms with Crippen LogP contribution < -0.4 is 5.32 Å². The molecule has 1 aromatic heterocycles. The third-order valence-electron chi connectivity index (χ3n) is 2.61. The Morgan fingerprint density at radius 3 is 2.64 bits per heavy atom. The zero-order chi connectivity index (χ0) is 10.3. The molecule has 1 heterocycles. The lowest BCUT2D eigenvalue weighted by Gasteiger charge is -2.19. The largest absolute Gasteiger partial charge is 0.364 e. The Hall–Kier alpha value is -0.990. The van der Waals surface area contributed by atoms with Crippen molar-refractivity contribution in [2.75, 3.05) is 5.32 Å². The second-order valence-corrected chi connectivity index (χ2v) is 5.40. The SMILES string of the molecule is CC1CC1c1cc(NC(C)(C)C)n[nH]1. The van der Waals surface area contributed by atoms with Crippen molar-refractivity contribution in [2.24, 2.45) is 5.92 Å². The van der Waals surface area contributed by atoms with Gasteiger partial charge in [-0.2, -0.15) is 5.10 Å². The van der Waals surface area contributed by atoms with Crippen LogP contribution in [0.15, 0.2) is 6.07 Å². The summed E-state index contributed by atoms with van der Waals surface area (Å²) in [7, 11) is 0. The molecule has 78 valence electrons. The van der Waals surface area contributed by atoms with Gasteiger partial charge in [-0.1, -0.05) is 6.92 Å². The Balaban J connectivity index is 2.03. The van der Waals surface area contributed by atoms with Crippen molar-refractivity contribution in [3.8, 4) is 0 Å². The van der Waals surface area contributed by atoms with E-state index in [-0.39, 0.29) is 5.54 Å². The first-order valence-corrected chi connectivity index (χ1v) is 5.29. The average Bonchev–Trinajstić information content (AvgIpc) is 2.58. The molecule has 0 aromatic carbocycles. The first kappa shape index (κ1) is 9.56. The third kappa shape index (κ3) is 2.08. The molecular weight excluding hydrogens is 174 g/mol. The van der Waals surface area contributed by atoms with Gasteiger partial charge in [-0.15, -0.1) is 0 Å². The number of rotatable bonds is 2. The Morgan fingerprint density at radius 2 is 2.14 bits per heavy atom. The van der Waals surface area contributed by atoms with Crippen molar-refractivity contribution in [1.82, 2.24) is 10.2 Å². The van der Waals surface area contributed by atoms with Crippen LogP contribution >= 0.6 is 0 Å². The highest BCUT2D eigenvalue weighted by Gasteiger charge is 2.35. The molecule has 1 fully saturated rings. The number of hydrogen-bond donors (Lipinski definition) is 2.